The van der Waals surface area contributed by atoms with Crippen LogP contribution in [0.15, 0.2) is 60.7 Å². The summed E-state index contributed by atoms with van der Waals surface area (Å²) in [6.45, 7) is 0. The summed E-state index contributed by atoms with van der Waals surface area (Å²) in [4.78, 5) is 0. The van der Waals surface area contributed by atoms with Crippen LogP contribution in [-0.4, -0.2) is 5.79 Å². The van der Waals surface area contributed by atoms with E-state index >= 15 is 0 Å². The standard InChI is InChI=1S/C18H20O2/c1-4-10-16(11-5-1)19-18(14-8-3-9-15-18)20-17-12-6-2-7-13-17/h1-2,4-7,10-13H,3,8-9,14-15H2. The molecule has 20 heavy (non-hydrogen) atoms. The number of rotatable bonds is 4. The molecular formula is C18H20O2. The fourth-order valence-corrected chi connectivity index (χ4v) is 2.72. The van der Waals surface area contributed by atoms with Gasteiger partial charge < -0.3 is 9.47 Å². The van der Waals surface area contributed by atoms with Crippen molar-refractivity contribution in [2.24, 2.45) is 0 Å². The number of ether oxygens (including phenoxy) is 2. The maximum Gasteiger partial charge on any atom is 0.251 e. The third-order valence-electron chi connectivity index (χ3n) is 3.71. The summed E-state index contributed by atoms with van der Waals surface area (Å²) < 4.78 is 12.4. The van der Waals surface area contributed by atoms with Gasteiger partial charge in [-0.2, -0.15) is 0 Å². The molecule has 2 nitrogen and oxygen atoms in total. The predicted octanol–water partition coefficient (Wildman–Crippen LogP) is 4.80. The molecule has 104 valence electrons. The molecule has 1 saturated carbocycles. The highest BCUT2D eigenvalue weighted by Crippen LogP contribution is 2.35. The Hall–Kier alpha value is -1.96. The molecule has 1 fully saturated rings. The van der Waals surface area contributed by atoms with Crippen molar-refractivity contribution in [3.63, 3.8) is 0 Å². The van der Waals surface area contributed by atoms with Gasteiger partial charge in [0.2, 0.25) is 0 Å². The molecule has 2 heteroatoms. The van der Waals surface area contributed by atoms with E-state index in [9.17, 15) is 0 Å². The molecule has 2 aromatic carbocycles. The van der Waals surface area contributed by atoms with E-state index in [-0.39, 0.29) is 0 Å². The van der Waals surface area contributed by atoms with Gasteiger partial charge in [-0.05, 0) is 37.1 Å². The second-order valence-corrected chi connectivity index (χ2v) is 5.30. The van der Waals surface area contributed by atoms with Crippen molar-refractivity contribution in [3.05, 3.63) is 60.7 Å². The summed E-state index contributed by atoms with van der Waals surface area (Å²) in [5.74, 6) is 1.25. The minimum Gasteiger partial charge on any atom is -0.452 e. The fraction of sp³-hybridized carbons (Fsp3) is 0.333. The molecule has 0 bridgehead atoms. The Kier molecular flexibility index (Phi) is 3.91. The van der Waals surface area contributed by atoms with Crippen molar-refractivity contribution in [2.75, 3.05) is 0 Å². The summed E-state index contributed by atoms with van der Waals surface area (Å²) in [7, 11) is 0. The van der Waals surface area contributed by atoms with E-state index < -0.39 is 5.79 Å². The summed E-state index contributed by atoms with van der Waals surface area (Å²) in [5, 5.41) is 0. The van der Waals surface area contributed by atoms with Crippen molar-refractivity contribution in [1.29, 1.82) is 0 Å². The Morgan fingerprint density at radius 2 is 1.05 bits per heavy atom. The second kappa shape index (κ2) is 6.00. The van der Waals surface area contributed by atoms with Crippen LogP contribution < -0.4 is 9.47 Å². The lowest BCUT2D eigenvalue weighted by Crippen LogP contribution is -2.44. The van der Waals surface area contributed by atoms with Crippen LogP contribution in [0.1, 0.15) is 32.1 Å². The third kappa shape index (κ3) is 3.13. The number of para-hydroxylation sites is 2. The number of hydrogen-bond donors (Lipinski definition) is 0. The molecule has 3 rings (SSSR count). The number of hydrogen-bond acceptors (Lipinski definition) is 2. The lowest BCUT2D eigenvalue weighted by molar-refractivity contribution is -0.137. The SMILES string of the molecule is c1ccc(OC2(Oc3ccccc3)CCCCC2)cc1. The first-order valence-electron chi connectivity index (χ1n) is 7.34. The maximum absolute atomic E-state index is 6.22. The van der Waals surface area contributed by atoms with Crippen LogP contribution in [0.4, 0.5) is 0 Å². The largest absolute Gasteiger partial charge is 0.452 e. The van der Waals surface area contributed by atoms with E-state index in [1.54, 1.807) is 0 Å². The van der Waals surface area contributed by atoms with Crippen LogP contribution in [0.5, 0.6) is 11.5 Å². The van der Waals surface area contributed by atoms with Gasteiger partial charge >= 0.3 is 0 Å². The normalized spacial score (nSPS) is 17.4. The topological polar surface area (TPSA) is 18.5 Å². The zero-order valence-corrected chi connectivity index (χ0v) is 11.6. The van der Waals surface area contributed by atoms with Crippen molar-refractivity contribution in [1.82, 2.24) is 0 Å². The molecule has 1 aliphatic carbocycles. The van der Waals surface area contributed by atoms with Crippen LogP contribution in [0.2, 0.25) is 0 Å². The van der Waals surface area contributed by atoms with Crippen LogP contribution in [0.25, 0.3) is 0 Å². The minimum absolute atomic E-state index is 0.513. The van der Waals surface area contributed by atoms with Crippen LogP contribution in [-0.2, 0) is 0 Å². The van der Waals surface area contributed by atoms with Gasteiger partial charge in [-0.25, -0.2) is 0 Å². The smallest absolute Gasteiger partial charge is 0.251 e. The minimum atomic E-state index is -0.513. The van der Waals surface area contributed by atoms with Gasteiger partial charge in [-0.1, -0.05) is 42.8 Å². The van der Waals surface area contributed by atoms with Crippen molar-refractivity contribution < 1.29 is 9.47 Å². The van der Waals surface area contributed by atoms with Crippen molar-refractivity contribution in [2.45, 2.75) is 37.9 Å². The van der Waals surface area contributed by atoms with Crippen molar-refractivity contribution in [3.8, 4) is 11.5 Å². The van der Waals surface area contributed by atoms with Gasteiger partial charge in [-0.15, -0.1) is 0 Å². The molecule has 0 aromatic heterocycles. The monoisotopic (exact) mass is 268 g/mol. The molecule has 0 unspecified atom stereocenters. The molecular weight excluding hydrogens is 248 g/mol. The third-order valence-corrected chi connectivity index (χ3v) is 3.71. The number of benzene rings is 2. The van der Waals surface area contributed by atoms with E-state index in [0.717, 1.165) is 37.2 Å². The van der Waals surface area contributed by atoms with Gasteiger partial charge in [-0.3, -0.25) is 0 Å². The van der Waals surface area contributed by atoms with E-state index in [2.05, 4.69) is 0 Å². The zero-order chi connectivity index (χ0) is 13.7. The average Bonchev–Trinajstić information content (AvgIpc) is 2.50. The molecule has 2 aromatic rings. The van der Waals surface area contributed by atoms with Crippen molar-refractivity contribution >= 4 is 0 Å². The first kappa shape index (κ1) is 13.0. The van der Waals surface area contributed by atoms with E-state index in [1.807, 2.05) is 60.7 Å². The molecule has 0 heterocycles. The van der Waals surface area contributed by atoms with Gasteiger partial charge in [0.1, 0.15) is 11.5 Å². The Labute approximate surface area is 120 Å². The van der Waals surface area contributed by atoms with E-state index in [0.29, 0.717) is 0 Å². The molecule has 0 aliphatic heterocycles. The molecule has 0 spiro atoms. The van der Waals surface area contributed by atoms with E-state index in [4.69, 9.17) is 9.47 Å². The summed E-state index contributed by atoms with van der Waals surface area (Å²) >= 11 is 0. The molecule has 0 amide bonds. The summed E-state index contributed by atoms with van der Waals surface area (Å²) in [5.41, 5.74) is 0. The van der Waals surface area contributed by atoms with Gasteiger partial charge in [0, 0.05) is 12.8 Å². The predicted molar refractivity (Wildman–Crippen MR) is 80.0 cm³/mol. The highest BCUT2D eigenvalue weighted by molar-refractivity contribution is 5.24. The summed E-state index contributed by atoms with van der Waals surface area (Å²) in [6, 6.07) is 19.9. The van der Waals surface area contributed by atoms with Gasteiger partial charge in [0.05, 0.1) is 0 Å². The Bertz CT molecular complexity index is 472. The molecule has 0 atom stereocenters. The maximum atomic E-state index is 6.22. The quantitative estimate of drug-likeness (QED) is 0.741. The first-order valence-corrected chi connectivity index (χ1v) is 7.34. The lowest BCUT2D eigenvalue weighted by Gasteiger charge is -2.37. The zero-order valence-electron chi connectivity index (χ0n) is 11.6. The Morgan fingerprint density at radius 1 is 0.600 bits per heavy atom. The van der Waals surface area contributed by atoms with Gasteiger partial charge in [0.25, 0.3) is 5.79 Å². The fourth-order valence-electron chi connectivity index (χ4n) is 2.72. The second-order valence-electron chi connectivity index (χ2n) is 5.30. The average molecular weight is 268 g/mol. The van der Waals surface area contributed by atoms with Crippen LogP contribution >= 0.6 is 0 Å². The van der Waals surface area contributed by atoms with E-state index in [1.165, 1.54) is 6.42 Å². The first-order chi connectivity index (χ1) is 9.86. The van der Waals surface area contributed by atoms with Gasteiger partial charge in [0.15, 0.2) is 0 Å². The highest BCUT2D eigenvalue weighted by atomic mass is 16.7. The Morgan fingerprint density at radius 3 is 1.50 bits per heavy atom. The molecule has 0 radical (unpaired) electrons. The Balaban J connectivity index is 1.81. The van der Waals surface area contributed by atoms with Crippen LogP contribution in [0.3, 0.4) is 0 Å². The van der Waals surface area contributed by atoms with Crippen LogP contribution in [0, 0.1) is 0 Å². The summed E-state index contributed by atoms with van der Waals surface area (Å²) in [6.07, 6.45) is 5.45. The lowest BCUT2D eigenvalue weighted by atomic mass is 9.94. The molecule has 1 aliphatic rings. The molecule has 0 N–H and O–H groups in total. The molecule has 0 saturated heterocycles. The highest BCUT2D eigenvalue weighted by Gasteiger charge is 2.36.